The molecule has 1 unspecified atom stereocenters. The number of nitrogens with zero attached hydrogens (tertiary/aromatic N) is 2. The van der Waals surface area contributed by atoms with Crippen LogP contribution in [0.25, 0.3) is 0 Å². The zero-order chi connectivity index (χ0) is 25.6. The summed E-state index contributed by atoms with van der Waals surface area (Å²) in [5, 5.41) is 11.4. The normalized spacial score (nSPS) is 25.7. The summed E-state index contributed by atoms with van der Waals surface area (Å²) >= 11 is 6.72. The van der Waals surface area contributed by atoms with E-state index in [4.69, 9.17) is 4.74 Å². The molecule has 2 aliphatic heterocycles. The Morgan fingerprint density at radius 1 is 1.40 bits per heavy atom. The van der Waals surface area contributed by atoms with E-state index in [1.54, 1.807) is 32.9 Å². The Balaban J connectivity index is 1.86. The van der Waals surface area contributed by atoms with E-state index >= 15 is 0 Å². The number of aromatic nitrogens is 1. The van der Waals surface area contributed by atoms with E-state index in [1.165, 1.54) is 23.1 Å². The van der Waals surface area contributed by atoms with Crippen LogP contribution in [0.15, 0.2) is 22.5 Å². The van der Waals surface area contributed by atoms with E-state index in [0.29, 0.717) is 21.5 Å². The first kappa shape index (κ1) is 27.2. The lowest BCUT2D eigenvalue weighted by Gasteiger charge is -2.27. The van der Waals surface area contributed by atoms with Crippen molar-refractivity contribution in [2.75, 3.05) is 18.1 Å². The summed E-state index contributed by atoms with van der Waals surface area (Å²) < 4.78 is 5.64. The summed E-state index contributed by atoms with van der Waals surface area (Å²) in [4.78, 5) is 59.4. The van der Waals surface area contributed by atoms with Gasteiger partial charge < -0.3 is 20.7 Å². The third kappa shape index (κ3) is 7.31. The van der Waals surface area contributed by atoms with E-state index in [0.717, 1.165) is 0 Å². The summed E-state index contributed by atoms with van der Waals surface area (Å²) in [6.07, 6.45) is 2.13. The van der Waals surface area contributed by atoms with Crippen LogP contribution in [0, 0.1) is 5.92 Å². The fraction of sp³-hybridized carbons (Fsp3) is 0.545. The molecule has 0 fully saturated rings. The van der Waals surface area contributed by atoms with Gasteiger partial charge in [-0.05, 0) is 18.9 Å². The number of amides is 3. The number of thiazole rings is 1. The van der Waals surface area contributed by atoms with Crippen LogP contribution in [0.3, 0.4) is 0 Å². The van der Waals surface area contributed by atoms with Gasteiger partial charge in [-0.1, -0.05) is 19.9 Å². The second-order valence-electron chi connectivity index (χ2n) is 8.65. The zero-order valence-electron chi connectivity index (χ0n) is 19.7. The molecular weight excluding hydrogens is 510 g/mol. The second kappa shape index (κ2) is 12.0. The maximum absolute atomic E-state index is 13.2. The number of cyclic esters (lactones) is 1. The number of thiol groups is 1. The van der Waals surface area contributed by atoms with Crippen molar-refractivity contribution in [3.8, 4) is 0 Å². The Morgan fingerprint density at radius 2 is 2.17 bits per heavy atom. The van der Waals surface area contributed by atoms with Gasteiger partial charge in [0.05, 0.1) is 18.7 Å². The highest BCUT2D eigenvalue weighted by atomic mass is 32.2. The van der Waals surface area contributed by atoms with Crippen molar-refractivity contribution in [2.24, 2.45) is 10.9 Å². The first-order valence-corrected chi connectivity index (χ1v) is 13.6. The molecule has 190 valence electrons. The Bertz CT molecular complexity index is 1040. The third-order valence-corrected chi connectivity index (χ3v) is 7.72. The van der Waals surface area contributed by atoms with Gasteiger partial charge in [-0.3, -0.25) is 19.4 Å². The Labute approximate surface area is 217 Å². The minimum atomic E-state index is -1.05. The molecule has 13 heteroatoms. The molecule has 3 heterocycles. The van der Waals surface area contributed by atoms with Crippen LogP contribution >= 0.6 is 35.7 Å². The number of thioether (sulfide) groups is 1. The van der Waals surface area contributed by atoms with Crippen molar-refractivity contribution < 1.29 is 23.9 Å². The van der Waals surface area contributed by atoms with E-state index in [1.807, 2.05) is 5.38 Å². The van der Waals surface area contributed by atoms with Crippen LogP contribution in [0.5, 0.6) is 0 Å². The molecule has 3 amide bonds. The van der Waals surface area contributed by atoms with Gasteiger partial charge in [0.1, 0.15) is 33.4 Å². The molecule has 0 saturated carbocycles. The Kier molecular flexibility index (Phi) is 9.36. The van der Waals surface area contributed by atoms with Gasteiger partial charge in [0.25, 0.3) is 0 Å². The number of carbonyl (C=O) groups is 4. The molecule has 0 saturated heterocycles. The fourth-order valence-corrected chi connectivity index (χ4v) is 5.32. The van der Waals surface area contributed by atoms with Crippen LogP contribution in [0.4, 0.5) is 0 Å². The molecular formula is C22H29N5O5S3. The lowest BCUT2D eigenvalue weighted by Crippen LogP contribution is -2.53. The topological polar surface area (TPSA) is 139 Å². The standard InChI is InChI=1S/C22H29N5O5S3/c1-12(2)18-20(30)32-13(5-4-6-23-16(29)9-33)7-15(28)24-8-17-25-14(10-34-17)19-27-22(3,11-35-19)21(31)26-18/h4-5,10,12-13,18,33H,6-9,11H2,1-3H3,(H,23,29)(H,24,28)(H,26,31)/b5-4+/t13?,18-,22-/m0/s1. The van der Waals surface area contributed by atoms with Gasteiger partial charge in [-0.2, -0.15) is 12.6 Å². The Hall–Kier alpha value is -2.38. The van der Waals surface area contributed by atoms with Crippen molar-refractivity contribution in [2.45, 2.75) is 51.4 Å². The molecule has 3 N–H and O–H groups in total. The lowest BCUT2D eigenvalue weighted by molar-refractivity contribution is -0.153. The van der Waals surface area contributed by atoms with Crippen molar-refractivity contribution in [1.29, 1.82) is 0 Å². The molecule has 0 radical (unpaired) electrons. The fourth-order valence-electron chi connectivity index (χ4n) is 3.28. The number of esters is 1. The minimum absolute atomic E-state index is 0.0475. The predicted molar refractivity (Wildman–Crippen MR) is 139 cm³/mol. The molecule has 4 bridgehead atoms. The summed E-state index contributed by atoms with van der Waals surface area (Å²) in [6.45, 7) is 5.73. The number of rotatable bonds is 5. The molecule has 3 rings (SSSR count). The first-order chi connectivity index (χ1) is 16.6. The van der Waals surface area contributed by atoms with Gasteiger partial charge in [-0.25, -0.2) is 9.78 Å². The lowest BCUT2D eigenvalue weighted by atomic mass is 10.0. The molecule has 35 heavy (non-hydrogen) atoms. The van der Waals surface area contributed by atoms with Gasteiger partial charge >= 0.3 is 5.97 Å². The largest absolute Gasteiger partial charge is 0.456 e. The van der Waals surface area contributed by atoms with Crippen LogP contribution in [-0.2, 0) is 30.5 Å². The van der Waals surface area contributed by atoms with Crippen LogP contribution in [0.2, 0.25) is 0 Å². The average molecular weight is 540 g/mol. The minimum Gasteiger partial charge on any atom is -0.456 e. The number of nitrogens with one attached hydrogen (secondary N) is 3. The molecule has 0 aliphatic carbocycles. The molecule has 10 nitrogen and oxygen atoms in total. The molecule has 1 aromatic heterocycles. The monoisotopic (exact) mass is 539 g/mol. The molecule has 0 aromatic carbocycles. The highest BCUT2D eigenvalue weighted by molar-refractivity contribution is 8.14. The van der Waals surface area contributed by atoms with Crippen molar-refractivity contribution in [3.63, 3.8) is 0 Å². The van der Waals surface area contributed by atoms with Crippen molar-refractivity contribution >= 4 is 64.5 Å². The zero-order valence-corrected chi connectivity index (χ0v) is 22.2. The molecule has 1 aromatic rings. The highest BCUT2D eigenvalue weighted by Crippen LogP contribution is 2.32. The summed E-state index contributed by atoms with van der Waals surface area (Å²) in [7, 11) is 0. The summed E-state index contributed by atoms with van der Waals surface area (Å²) in [5.74, 6) is -1.41. The first-order valence-electron chi connectivity index (χ1n) is 11.1. The second-order valence-corrected chi connectivity index (χ2v) is 10.9. The number of hydrogen-bond acceptors (Lipinski definition) is 10. The van der Waals surface area contributed by atoms with Crippen LogP contribution in [-0.4, -0.2) is 69.5 Å². The number of hydrogen-bond donors (Lipinski definition) is 4. The third-order valence-electron chi connectivity index (χ3n) is 5.31. The van der Waals surface area contributed by atoms with Crippen LogP contribution in [0.1, 0.15) is 37.9 Å². The van der Waals surface area contributed by atoms with E-state index in [9.17, 15) is 19.2 Å². The number of aliphatic imine (C=N–C) groups is 1. The highest BCUT2D eigenvalue weighted by Gasteiger charge is 2.41. The maximum Gasteiger partial charge on any atom is 0.329 e. The van der Waals surface area contributed by atoms with E-state index in [2.05, 4.69) is 38.6 Å². The van der Waals surface area contributed by atoms with Crippen LogP contribution < -0.4 is 16.0 Å². The smallest absolute Gasteiger partial charge is 0.329 e. The Morgan fingerprint density at radius 3 is 2.89 bits per heavy atom. The van der Waals surface area contributed by atoms with Crippen molar-refractivity contribution in [3.05, 3.63) is 28.2 Å². The van der Waals surface area contributed by atoms with Gasteiger partial charge in [0.15, 0.2) is 0 Å². The van der Waals surface area contributed by atoms with Crippen molar-refractivity contribution in [1.82, 2.24) is 20.9 Å². The predicted octanol–water partition coefficient (Wildman–Crippen LogP) is 1.07. The quantitative estimate of drug-likeness (QED) is 0.249. The number of ether oxygens (including phenoxy) is 1. The SMILES string of the molecule is CC(C)[C@@H]1NC(=O)[C@]2(C)CSC(=N2)c2csc(n2)CNC(=O)CC(/C=C/CNC(=O)CS)OC1=O. The molecule has 2 aliphatic rings. The van der Waals surface area contributed by atoms with Gasteiger partial charge in [0.2, 0.25) is 17.7 Å². The number of carbonyl (C=O) groups excluding carboxylic acids is 4. The van der Waals surface area contributed by atoms with Gasteiger partial charge in [-0.15, -0.1) is 23.1 Å². The molecule has 0 spiro atoms. The number of fused-ring (bicyclic) bond motifs is 4. The van der Waals surface area contributed by atoms with Gasteiger partial charge in [0, 0.05) is 17.7 Å². The summed E-state index contributed by atoms with van der Waals surface area (Å²) in [5.41, 5.74) is -0.385. The summed E-state index contributed by atoms with van der Waals surface area (Å²) in [6, 6.07) is -0.926. The van der Waals surface area contributed by atoms with E-state index in [-0.39, 0.29) is 48.9 Å². The maximum atomic E-state index is 13.2. The average Bonchev–Trinajstić information content (AvgIpc) is 3.45. The van der Waals surface area contributed by atoms with E-state index < -0.39 is 23.7 Å². The molecule has 3 atom stereocenters.